The molecule has 0 aromatic rings. The summed E-state index contributed by atoms with van der Waals surface area (Å²) in [4.78, 5) is 12.3. The number of carbonyl (C=O) groups is 1. The maximum Gasteiger partial charge on any atom is 0.239 e. The molecule has 0 saturated heterocycles. The van der Waals surface area contributed by atoms with Crippen molar-refractivity contribution in [3.8, 4) is 0 Å². The lowest BCUT2D eigenvalue weighted by Crippen LogP contribution is -2.55. The van der Waals surface area contributed by atoms with Gasteiger partial charge in [-0.1, -0.05) is 34.1 Å². The van der Waals surface area contributed by atoms with E-state index < -0.39 is 5.54 Å². The SMILES string of the molecule is CCNC(C)(C)C(=O)NC1CCC(C(C)(C)CC)CC1. The van der Waals surface area contributed by atoms with Gasteiger partial charge in [0.15, 0.2) is 0 Å². The molecule has 1 aliphatic carbocycles. The second-order valence-electron chi connectivity index (χ2n) is 7.52. The van der Waals surface area contributed by atoms with E-state index >= 15 is 0 Å². The summed E-state index contributed by atoms with van der Waals surface area (Å²) in [5, 5.41) is 6.47. The van der Waals surface area contributed by atoms with Crippen LogP contribution in [-0.2, 0) is 4.79 Å². The predicted octanol–water partition coefficient (Wildman–Crippen LogP) is 3.49. The lowest BCUT2D eigenvalue weighted by atomic mass is 9.69. The van der Waals surface area contributed by atoms with Crippen LogP contribution >= 0.6 is 0 Å². The van der Waals surface area contributed by atoms with Crippen LogP contribution in [0.25, 0.3) is 0 Å². The molecule has 3 nitrogen and oxygen atoms in total. The van der Waals surface area contributed by atoms with Crippen LogP contribution in [0.2, 0.25) is 0 Å². The summed E-state index contributed by atoms with van der Waals surface area (Å²) >= 11 is 0. The van der Waals surface area contributed by atoms with Crippen LogP contribution in [0, 0.1) is 11.3 Å². The third-order valence-electron chi connectivity index (χ3n) is 5.27. The van der Waals surface area contributed by atoms with Gasteiger partial charge in [0, 0.05) is 6.04 Å². The topological polar surface area (TPSA) is 41.1 Å². The van der Waals surface area contributed by atoms with Gasteiger partial charge in [-0.15, -0.1) is 0 Å². The van der Waals surface area contributed by atoms with Crippen molar-refractivity contribution in [1.82, 2.24) is 10.6 Å². The summed E-state index contributed by atoms with van der Waals surface area (Å²) in [5.41, 5.74) is -0.0215. The molecule has 0 atom stereocenters. The number of rotatable bonds is 6. The average molecular weight is 282 g/mol. The first kappa shape index (κ1) is 17.5. The number of nitrogens with one attached hydrogen (secondary N) is 2. The Bertz CT molecular complexity index is 315. The molecule has 1 amide bonds. The Morgan fingerprint density at radius 1 is 1.05 bits per heavy atom. The van der Waals surface area contributed by atoms with Crippen LogP contribution in [0.3, 0.4) is 0 Å². The van der Waals surface area contributed by atoms with E-state index in [-0.39, 0.29) is 5.91 Å². The normalized spacial score (nSPS) is 24.5. The lowest BCUT2D eigenvalue weighted by Gasteiger charge is -2.39. The molecule has 20 heavy (non-hydrogen) atoms. The van der Waals surface area contributed by atoms with Gasteiger partial charge in [0.2, 0.25) is 5.91 Å². The number of carbonyl (C=O) groups excluding carboxylic acids is 1. The first-order chi connectivity index (χ1) is 9.23. The molecule has 0 heterocycles. The number of likely N-dealkylation sites (N-methyl/N-ethyl adjacent to an activating group) is 1. The van der Waals surface area contributed by atoms with Crippen molar-refractivity contribution in [1.29, 1.82) is 0 Å². The first-order valence-corrected chi connectivity index (χ1v) is 8.29. The van der Waals surface area contributed by atoms with Crippen LogP contribution in [0.15, 0.2) is 0 Å². The summed E-state index contributed by atoms with van der Waals surface area (Å²) in [6.07, 6.45) is 5.98. The molecular formula is C17H34N2O. The van der Waals surface area contributed by atoms with Gasteiger partial charge >= 0.3 is 0 Å². The van der Waals surface area contributed by atoms with Gasteiger partial charge in [-0.2, -0.15) is 0 Å². The minimum Gasteiger partial charge on any atom is -0.352 e. The quantitative estimate of drug-likeness (QED) is 0.783. The highest BCUT2D eigenvalue weighted by atomic mass is 16.2. The Hall–Kier alpha value is -0.570. The third kappa shape index (κ3) is 4.47. The Kier molecular flexibility index (Phi) is 6.06. The monoisotopic (exact) mass is 282 g/mol. The van der Waals surface area contributed by atoms with E-state index in [1.807, 2.05) is 20.8 Å². The van der Waals surface area contributed by atoms with Crippen molar-refractivity contribution in [3.05, 3.63) is 0 Å². The van der Waals surface area contributed by atoms with Gasteiger partial charge in [-0.05, 0) is 57.4 Å². The van der Waals surface area contributed by atoms with Gasteiger partial charge in [0.05, 0.1) is 5.54 Å². The molecule has 1 fully saturated rings. The third-order valence-corrected chi connectivity index (χ3v) is 5.27. The fourth-order valence-corrected chi connectivity index (χ4v) is 3.20. The zero-order chi connectivity index (χ0) is 15.4. The fourth-order valence-electron chi connectivity index (χ4n) is 3.20. The Balaban J connectivity index is 2.45. The maximum atomic E-state index is 12.3. The summed E-state index contributed by atoms with van der Waals surface area (Å²) in [5.74, 6) is 0.944. The molecule has 1 rings (SSSR count). The molecule has 1 saturated carbocycles. The van der Waals surface area contributed by atoms with Gasteiger partial charge in [-0.25, -0.2) is 0 Å². The minimum atomic E-state index is -0.464. The standard InChI is InChI=1S/C17H34N2O/c1-7-16(3,4)13-9-11-14(12-10-13)19-15(20)17(5,6)18-8-2/h13-14,18H,7-12H2,1-6H3,(H,19,20). The predicted molar refractivity (Wildman–Crippen MR) is 85.7 cm³/mol. The van der Waals surface area contributed by atoms with Gasteiger partial charge in [0.25, 0.3) is 0 Å². The molecule has 1 aliphatic rings. The minimum absolute atomic E-state index is 0.137. The highest BCUT2D eigenvalue weighted by Gasteiger charge is 2.34. The van der Waals surface area contributed by atoms with E-state index in [4.69, 9.17) is 0 Å². The molecular weight excluding hydrogens is 248 g/mol. The van der Waals surface area contributed by atoms with E-state index in [0.717, 1.165) is 25.3 Å². The van der Waals surface area contributed by atoms with E-state index in [2.05, 4.69) is 31.4 Å². The van der Waals surface area contributed by atoms with Gasteiger partial charge < -0.3 is 10.6 Å². The second kappa shape index (κ2) is 6.93. The van der Waals surface area contributed by atoms with Crippen LogP contribution in [-0.4, -0.2) is 24.0 Å². The molecule has 0 spiro atoms. The average Bonchev–Trinajstić information content (AvgIpc) is 2.39. The van der Waals surface area contributed by atoms with Crippen molar-refractivity contribution in [2.75, 3.05) is 6.54 Å². The van der Waals surface area contributed by atoms with Crippen molar-refractivity contribution < 1.29 is 4.79 Å². The highest BCUT2D eigenvalue weighted by molar-refractivity contribution is 5.85. The van der Waals surface area contributed by atoms with Crippen LogP contribution in [0.1, 0.15) is 73.6 Å². The fraction of sp³-hybridized carbons (Fsp3) is 0.941. The van der Waals surface area contributed by atoms with Crippen LogP contribution < -0.4 is 10.6 Å². The largest absolute Gasteiger partial charge is 0.352 e. The number of amides is 1. The molecule has 2 N–H and O–H groups in total. The molecule has 0 radical (unpaired) electrons. The van der Waals surface area contributed by atoms with Crippen LogP contribution in [0.4, 0.5) is 0 Å². The Labute approximate surface area is 125 Å². The van der Waals surface area contributed by atoms with Crippen molar-refractivity contribution in [2.24, 2.45) is 11.3 Å². The van der Waals surface area contributed by atoms with Crippen molar-refractivity contribution in [2.45, 2.75) is 85.2 Å². The molecule has 0 bridgehead atoms. The number of hydrogen-bond acceptors (Lipinski definition) is 2. The van der Waals surface area contributed by atoms with Gasteiger partial charge in [-0.3, -0.25) is 4.79 Å². The zero-order valence-corrected chi connectivity index (χ0v) is 14.3. The molecule has 0 aromatic carbocycles. The number of hydrogen-bond donors (Lipinski definition) is 2. The zero-order valence-electron chi connectivity index (χ0n) is 14.3. The highest BCUT2D eigenvalue weighted by Crippen LogP contribution is 2.40. The second-order valence-corrected chi connectivity index (χ2v) is 7.52. The Morgan fingerprint density at radius 3 is 2.05 bits per heavy atom. The summed E-state index contributed by atoms with van der Waals surface area (Å²) in [7, 11) is 0. The molecule has 0 unspecified atom stereocenters. The van der Waals surface area contributed by atoms with Gasteiger partial charge in [0.1, 0.15) is 0 Å². The van der Waals surface area contributed by atoms with E-state index in [0.29, 0.717) is 11.5 Å². The first-order valence-electron chi connectivity index (χ1n) is 8.29. The summed E-state index contributed by atoms with van der Waals surface area (Å²) in [6, 6.07) is 0.365. The Morgan fingerprint density at radius 2 is 1.60 bits per heavy atom. The molecule has 118 valence electrons. The summed E-state index contributed by atoms with van der Waals surface area (Å²) in [6.45, 7) is 13.8. The van der Waals surface area contributed by atoms with E-state index in [1.54, 1.807) is 0 Å². The maximum absolute atomic E-state index is 12.3. The van der Waals surface area contributed by atoms with Crippen LogP contribution in [0.5, 0.6) is 0 Å². The van der Waals surface area contributed by atoms with Crippen molar-refractivity contribution in [3.63, 3.8) is 0 Å². The molecule has 0 aliphatic heterocycles. The van der Waals surface area contributed by atoms with E-state index in [9.17, 15) is 4.79 Å². The van der Waals surface area contributed by atoms with E-state index in [1.165, 1.54) is 19.3 Å². The van der Waals surface area contributed by atoms with Crippen molar-refractivity contribution >= 4 is 5.91 Å². The molecule has 3 heteroatoms. The lowest BCUT2D eigenvalue weighted by molar-refractivity contribution is -0.127. The summed E-state index contributed by atoms with van der Waals surface area (Å²) < 4.78 is 0. The molecule has 0 aromatic heterocycles. The smallest absolute Gasteiger partial charge is 0.239 e.